The van der Waals surface area contributed by atoms with Crippen LogP contribution in [0.15, 0.2) is 71.6 Å². The lowest BCUT2D eigenvalue weighted by Crippen LogP contribution is -2.44. The van der Waals surface area contributed by atoms with Crippen molar-refractivity contribution in [3.63, 3.8) is 0 Å². The van der Waals surface area contributed by atoms with Gasteiger partial charge in [-0.3, -0.25) is 4.79 Å². The number of fused-ring (bicyclic) bond motifs is 1. The van der Waals surface area contributed by atoms with Crippen LogP contribution >= 0.6 is 11.6 Å². The zero-order chi connectivity index (χ0) is 18.9. The second kappa shape index (κ2) is 6.74. The van der Waals surface area contributed by atoms with Gasteiger partial charge in [0.05, 0.1) is 4.90 Å². The van der Waals surface area contributed by atoms with Gasteiger partial charge < -0.3 is 5.32 Å². The van der Waals surface area contributed by atoms with Gasteiger partial charge in [0, 0.05) is 10.7 Å². The highest BCUT2D eigenvalue weighted by Gasteiger charge is 2.42. The third kappa shape index (κ3) is 3.32. The fraction of sp³-hybridized carbons (Fsp3) is 0.150. The summed E-state index contributed by atoms with van der Waals surface area (Å²) in [6, 6.07) is 19.0. The Balaban J connectivity index is 1.90. The molecule has 0 saturated carbocycles. The molecule has 0 fully saturated rings. The van der Waals surface area contributed by atoms with Crippen molar-refractivity contribution in [2.45, 2.75) is 23.5 Å². The molecule has 0 atom stereocenters. The topological polar surface area (TPSA) is 63.2 Å². The van der Waals surface area contributed by atoms with Crippen LogP contribution in [-0.2, 0) is 14.6 Å². The second-order valence-electron chi connectivity index (χ2n) is 6.48. The third-order valence-corrected chi connectivity index (χ3v) is 7.02. The molecule has 1 amide bonds. The van der Waals surface area contributed by atoms with Crippen LogP contribution in [0.4, 0.5) is 5.69 Å². The summed E-state index contributed by atoms with van der Waals surface area (Å²) in [6.07, 6.45) is 0. The fourth-order valence-electron chi connectivity index (χ4n) is 2.58. The average molecular weight is 388 g/mol. The van der Waals surface area contributed by atoms with Crippen molar-refractivity contribution in [1.29, 1.82) is 0 Å². The Bertz CT molecular complexity index is 1070. The first-order valence-corrected chi connectivity index (χ1v) is 9.88. The van der Waals surface area contributed by atoms with Crippen molar-refractivity contribution in [1.82, 2.24) is 0 Å². The van der Waals surface area contributed by atoms with E-state index in [2.05, 4.69) is 5.32 Å². The van der Waals surface area contributed by atoms with Gasteiger partial charge in [0.1, 0.15) is 4.75 Å². The monoisotopic (exact) mass is 387 g/mol. The molecule has 4 nitrogen and oxygen atoms in total. The molecule has 0 aromatic heterocycles. The minimum atomic E-state index is -3.89. The fourth-order valence-corrected chi connectivity index (χ4v) is 4.08. The van der Waals surface area contributed by atoms with E-state index in [4.69, 9.17) is 11.6 Å². The van der Waals surface area contributed by atoms with Crippen molar-refractivity contribution in [3.8, 4) is 0 Å². The van der Waals surface area contributed by atoms with E-state index in [0.717, 1.165) is 10.8 Å². The first-order valence-electron chi connectivity index (χ1n) is 8.02. The normalized spacial score (nSPS) is 12.1. The number of carbonyl (C=O) groups is 1. The Morgan fingerprint density at radius 1 is 0.923 bits per heavy atom. The molecule has 0 radical (unpaired) electrons. The highest BCUT2D eigenvalue weighted by Crippen LogP contribution is 2.28. The summed E-state index contributed by atoms with van der Waals surface area (Å²) in [7, 11) is -3.89. The number of amides is 1. The maximum absolute atomic E-state index is 12.9. The van der Waals surface area contributed by atoms with Gasteiger partial charge in [-0.15, -0.1) is 0 Å². The van der Waals surface area contributed by atoms with Gasteiger partial charge in [-0.1, -0.05) is 41.9 Å². The van der Waals surface area contributed by atoms with Crippen LogP contribution < -0.4 is 5.32 Å². The van der Waals surface area contributed by atoms with Crippen LogP contribution in [0.3, 0.4) is 0 Å². The van der Waals surface area contributed by atoms with E-state index >= 15 is 0 Å². The number of carbonyl (C=O) groups excluding carboxylic acids is 1. The second-order valence-corrected chi connectivity index (χ2v) is 9.42. The molecule has 1 N–H and O–H groups in total. The number of anilines is 1. The van der Waals surface area contributed by atoms with Crippen molar-refractivity contribution in [2.24, 2.45) is 0 Å². The average Bonchev–Trinajstić information content (AvgIpc) is 2.61. The molecule has 0 spiro atoms. The van der Waals surface area contributed by atoms with E-state index in [0.29, 0.717) is 10.7 Å². The van der Waals surface area contributed by atoms with Crippen LogP contribution in [0.2, 0.25) is 5.02 Å². The highest BCUT2D eigenvalue weighted by atomic mass is 35.5. The zero-order valence-corrected chi connectivity index (χ0v) is 15.9. The Morgan fingerprint density at radius 2 is 1.54 bits per heavy atom. The Hall–Kier alpha value is -2.37. The SMILES string of the molecule is CC(C)(C(=O)Nc1ccc2ccccc2c1)S(=O)(=O)c1ccc(Cl)cc1. The quantitative estimate of drug-likeness (QED) is 0.706. The lowest BCUT2D eigenvalue weighted by atomic mass is 10.1. The number of sulfone groups is 1. The Labute approximate surface area is 157 Å². The number of nitrogens with one attached hydrogen (secondary N) is 1. The molecule has 3 aromatic rings. The van der Waals surface area contributed by atoms with Crippen molar-refractivity contribution in [3.05, 3.63) is 71.8 Å². The number of hydrogen-bond acceptors (Lipinski definition) is 3. The molecule has 3 aromatic carbocycles. The molecule has 0 bridgehead atoms. The number of benzene rings is 3. The van der Waals surface area contributed by atoms with Gasteiger partial charge in [-0.2, -0.15) is 0 Å². The van der Waals surface area contributed by atoms with Gasteiger partial charge in [-0.05, 0) is 61.0 Å². The maximum atomic E-state index is 12.9. The van der Waals surface area contributed by atoms with Crippen LogP contribution in [0.25, 0.3) is 10.8 Å². The predicted octanol–water partition coefficient (Wildman–Crippen LogP) is 4.68. The third-order valence-electron chi connectivity index (χ3n) is 4.35. The zero-order valence-electron chi connectivity index (χ0n) is 14.4. The molecule has 0 aliphatic rings. The first-order chi connectivity index (χ1) is 12.2. The molecule has 26 heavy (non-hydrogen) atoms. The van der Waals surface area contributed by atoms with E-state index in [1.807, 2.05) is 36.4 Å². The van der Waals surface area contributed by atoms with Crippen LogP contribution in [0, 0.1) is 0 Å². The Morgan fingerprint density at radius 3 is 2.19 bits per heavy atom. The number of halogens is 1. The number of rotatable bonds is 4. The van der Waals surface area contributed by atoms with Crippen molar-refractivity contribution >= 4 is 43.8 Å². The largest absolute Gasteiger partial charge is 0.325 e. The summed E-state index contributed by atoms with van der Waals surface area (Å²) in [4.78, 5) is 12.8. The molecule has 3 rings (SSSR count). The molecule has 134 valence electrons. The van der Waals surface area contributed by atoms with Crippen LogP contribution in [0.1, 0.15) is 13.8 Å². The van der Waals surface area contributed by atoms with Crippen LogP contribution in [0.5, 0.6) is 0 Å². The number of hydrogen-bond donors (Lipinski definition) is 1. The Kier molecular flexibility index (Phi) is 4.78. The highest BCUT2D eigenvalue weighted by molar-refractivity contribution is 7.93. The molecular formula is C20H18ClNO3S. The van der Waals surface area contributed by atoms with E-state index in [9.17, 15) is 13.2 Å². The van der Waals surface area contributed by atoms with Gasteiger partial charge in [0.15, 0.2) is 9.84 Å². The van der Waals surface area contributed by atoms with E-state index in [1.165, 1.54) is 38.1 Å². The lowest BCUT2D eigenvalue weighted by Gasteiger charge is -2.24. The first kappa shape index (κ1) is 18.4. The van der Waals surface area contributed by atoms with Crippen molar-refractivity contribution < 1.29 is 13.2 Å². The van der Waals surface area contributed by atoms with Gasteiger partial charge in [-0.25, -0.2) is 8.42 Å². The van der Waals surface area contributed by atoms with Gasteiger partial charge in [0.25, 0.3) is 0 Å². The minimum absolute atomic E-state index is 0.0561. The summed E-state index contributed by atoms with van der Waals surface area (Å²) < 4.78 is 24.2. The van der Waals surface area contributed by atoms with E-state index in [1.54, 1.807) is 6.07 Å². The van der Waals surface area contributed by atoms with E-state index < -0.39 is 20.5 Å². The van der Waals surface area contributed by atoms with Gasteiger partial charge >= 0.3 is 0 Å². The van der Waals surface area contributed by atoms with Crippen LogP contribution in [-0.4, -0.2) is 19.1 Å². The predicted molar refractivity (Wildman–Crippen MR) is 105 cm³/mol. The van der Waals surface area contributed by atoms with Crippen molar-refractivity contribution in [2.75, 3.05) is 5.32 Å². The summed E-state index contributed by atoms with van der Waals surface area (Å²) in [5.41, 5.74) is 0.549. The lowest BCUT2D eigenvalue weighted by molar-refractivity contribution is -0.117. The summed E-state index contributed by atoms with van der Waals surface area (Å²) in [5.74, 6) is -0.595. The van der Waals surface area contributed by atoms with E-state index in [-0.39, 0.29) is 4.90 Å². The molecular weight excluding hydrogens is 370 g/mol. The minimum Gasteiger partial charge on any atom is -0.325 e. The summed E-state index contributed by atoms with van der Waals surface area (Å²) >= 11 is 5.82. The summed E-state index contributed by atoms with van der Waals surface area (Å²) in [5, 5.41) is 5.15. The molecule has 0 heterocycles. The maximum Gasteiger partial charge on any atom is 0.245 e. The molecule has 6 heteroatoms. The molecule has 0 saturated heterocycles. The standard InChI is InChI=1S/C20H18ClNO3S/c1-20(2,26(24,25)18-11-8-16(21)9-12-18)19(23)22-17-10-7-14-5-3-4-6-15(14)13-17/h3-13H,1-2H3,(H,22,23). The molecule has 0 unspecified atom stereocenters. The van der Waals surface area contributed by atoms with Gasteiger partial charge in [0.2, 0.25) is 5.91 Å². The molecule has 0 aliphatic heterocycles. The smallest absolute Gasteiger partial charge is 0.245 e. The summed E-state index contributed by atoms with van der Waals surface area (Å²) in [6.45, 7) is 2.79. The molecule has 0 aliphatic carbocycles.